The van der Waals surface area contributed by atoms with Gasteiger partial charge in [0, 0.05) is 12.5 Å². The van der Waals surface area contributed by atoms with Gasteiger partial charge in [-0.25, -0.2) is 9.36 Å². The number of hydrogen-bond acceptors (Lipinski definition) is 6. The molecule has 8 nitrogen and oxygen atoms in total. The Morgan fingerprint density at radius 2 is 1.08 bits per heavy atom. The molecule has 0 fully saturated rings. The highest BCUT2D eigenvalue weighted by Gasteiger charge is 2.22. The van der Waals surface area contributed by atoms with Gasteiger partial charge in [0.2, 0.25) is 0 Å². The molecule has 0 radical (unpaired) electrons. The van der Waals surface area contributed by atoms with Gasteiger partial charge in [0.05, 0.1) is 6.61 Å². The average molecular weight is 721 g/mol. The Morgan fingerprint density at radius 3 is 1.64 bits per heavy atom. The minimum Gasteiger partial charge on any atom is -0.462 e. The summed E-state index contributed by atoms with van der Waals surface area (Å²) in [6.07, 6.45) is 46.8. The molecular formula is C41H69O8P. The van der Waals surface area contributed by atoms with E-state index in [9.17, 15) is 14.2 Å². The second-order valence-corrected chi connectivity index (χ2v) is 13.9. The predicted octanol–water partition coefficient (Wildman–Crippen LogP) is 11.5. The predicted molar refractivity (Wildman–Crippen MR) is 207 cm³/mol. The molecule has 0 amide bonds. The number of unbranched alkanes of at least 4 members (excludes halogenated alkanes) is 15. The Hall–Kier alpha value is -2.51. The van der Waals surface area contributed by atoms with Crippen LogP contribution in [0.15, 0.2) is 72.9 Å². The van der Waals surface area contributed by atoms with E-state index in [1.54, 1.807) is 12.2 Å². The Balaban J connectivity index is 4.14. The number of carbonyl (C=O) groups is 2. The monoisotopic (exact) mass is 720 g/mol. The lowest BCUT2D eigenvalue weighted by Crippen LogP contribution is -2.29. The van der Waals surface area contributed by atoms with Gasteiger partial charge in [-0.05, 0) is 57.8 Å². The van der Waals surface area contributed by atoms with E-state index < -0.39 is 32.5 Å². The second-order valence-electron chi connectivity index (χ2n) is 12.6. The van der Waals surface area contributed by atoms with Crippen molar-refractivity contribution in [2.24, 2.45) is 0 Å². The van der Waals surface area contributed by atoms with Gasteiger partial charge in [-0.1, -0.05) is 158 Å². The average Bonchev–Trinajstić information content (AvgIpc) is 3.08. The fourth-order valence-corrected chi connectivity index (χ4v) is 5.28. The van der Waals surface area contributed by atoms with Gasteiger partial charge < -0.3 is 19.3 Å². The van der Waals surface area contributed by atoms with Crippen molar-refractivity contribution >= 4 is 19.8 Å². The van der Waals surface area contributed by atoms with Crippen molar-refractivity contribution in [3.05, 3.63) is 72.9 Å². The van der Waals surface area contributed by atoms with E-state index in [0.29, 0.717) is 6.42 Å². The molecule has 286 valence electrons. The maximum absolute atomic E-state index is 12.3. The summed E-state index contributed by atoms with van der Waals surface area (Å²) in [5, 5.41) is 0. The zero-order chi connectivity index (χ0) is 36.8. The molecule has 50 heavy (non-hydrogen) atoms. The lowest BCUT2D eigenvalue weighted by atomic mass is 10.1. The van der Waals surface area contributed by atoms with Crippen LogP contribution in [0.2, 0.25) is 0 Å². The fraction of sp³-hybridized carbons (Fsp3) is 0.659. The SMILES string of the molecule is CCC/C=C/C/C=C/C/C=C/C/C=C/CCCCCC(=O)OC[C@H](COP(=O)(O)O)OC(=O)/C=C/C=C/CCCCCCCCCCCCC. The fourth-order valence-electron chi connectivity index (χ4n) is 4.92. The van der Waals surface area contributed by atoms with Crippen LogP contribution in [0, 0.1) is 0 Å². The number of phosphoric acid groups is 1. The maximum atomic E-state index is 12.3. The first kappa shape index (κ1) is 47.5. The van der Waals surface area contributed by atoms with Crippen LogP contribution in [0.25, 0.3) is 0 Å². The third-order valence-corrected chi connectivity index (χ3v) is 8.27. The van der Waals surface area contributed by atoms with Crippen molar-refractivity contribution in [2.45, 2.75) is 161 Å². The van der Waals surface area contributed by atoms with Crippen LogP contribution in [0.4, 0.5) is 0 Å². The normalized spacial score (nSPS) is 13.3. The minimum atomic E-state index is -4.79. The molecule has 0 unspecified atom stereocenters. The van der Waals surface area contributed by atoms with E-state index in [0.717, 1.165) is 57.8 Å². The second kappa shape index (κ2) is 36.3. The lowest BCUT2D eigenvalue weighted by Gasteiger charge is -2.17. The molecule has 0 spiro atoms. The Bertz CT molecular complexity index is 1040. The first-order valence-electron chi connectivity index (χ1n) is 19.3. The molecule has 0 rings (SSSR count). The molecule has 0 aliphatic rings. The molecule has 0 aliphatic heterocycles. The van der Waals surface area contributed by atoms with Crippen LogP contribution in [-0.4, -0.2) is 41.0 Å². The molecule has 1 atom stereocenters. The van der Waals surface area contributed by atoms with Gasteiger partial charge >= 0.3 is 19.8 Å². The Kier molecular flexibility index (Phi) is 34.5. The van der Waals surface area contributed by atoms with Crippen molar-refractivity contribution in [1.29, 1.82) is 0 Å². The highest BCUT2D eigenvalue weighted by Crippen LogP contribution is 2.35. The maximum Gasteiger partial charge on any atom is 0.469 e. The third-order valence-electron chi connectivity index (χ3n) is 7.79. The van der Waals surface area contributed by atoms with Crippen LogP contribution in [0.1, 0.15) is 155 Å². The van der Waals surface area contributed by atoms with Crippen LogP contribution in [-0.2, 0) is 28.2 Å². The molecule has 0 heterocycles. The van der Waals surface area contributed by atoms with Gasteiger partial charge in [-0.3, -0.25) is 9.32 Å². The van der Waals surface area contributed by atoms with Crippen LogP contribution < -0.4 is 0 Å². The summed E-state index contributed by atoms with van der Waals surface area (Å²) >= 11 is 0. The number of allylic oxidation sites excluding steroid dienone is 11. The minimum absolute atomic E-state index is 0.207. The topological polar surface area (TPSA) is 119 Å². The largest absolute Gasteiger partial charge is 0.469 e. The zero-order valence-corrected chi connectivity index (χ0v) is 32.2. The molecule has 0 saturated carbocycles. The molecule has 0 saturated heterocycles. The number of phosphoric ester groups is 1. The summed E-state index contributed by atoms with van der Waals surface area (Å²) in [5.41, 5.74) is 0. The smallest absolute Gasteiger partial charge is 0.462 e. The van der Waals surface area contributed by atoms with E-state index in [1.807, 2.05) is 6.08 Å². The Labute approximate surface area is 304 Å². The van der Waals surface area contributed by atoms with E-state index in [-0.39, 0.29) is 13.0 Å². The number of carbonyl (C=O) groups excluding carboxylic acids is 2. The van der Waals surface area contributed by atoms with Crippen molar-refractivity contribution in [2.75, 3.05) is 13.2 Å². The molecule has 2 N–H and O–H groups in total. The van der Waals surface area contributed by atoms with Crippen LogP contribution in [0.3, 0.4) is 0 Å². The summed E-state index contributed by atoms with van der Waals surface area (Å²) in [6.45, 7) is 3.47. The molecule has 0 aromatic heterocycles. The number of rotatable bonds is 34. The number of hydrogen-bond donors (Lipinski definition) is 2. The van der Waals surface area contributed by atoms with Gasteiger partial charge in [-0.2, -0.15) is 0 Å². The number of ether oxygens (including phenoxy) is 2. The molecular weight excluding hydrogens is 651 g/mol. The molecule has 0 aromatic carbocycles. The van der Waals surface area contributed by atoms with Crippen molar-refractivity contribution in [3.8, 4) is 0 Å². The van der Waals surface area contributed by atoms with E-state index in [4.69, 9.17) is 19.3 Å². The quantitative estimate of drug-likeness (QED) is 0.0168. The molecule has 0 aromatic rings. The van der Waals surface area contributed by atoms with Crippen molar-refractivity contribution in [1.82, 2.24) is 0 Å². The van der Waals surface area contributed by atoms with Crippen LogP contribution in [0.5, 0.6) is 0 Å². The Morgan fingerprint density at radius 1 is 0.580 bits per heavy atom. The summed E-state index contributed by atoms with van der Waals surface area (Å²) in [6, 6.07) is 0. The summed E-state index contributed by atoms with van der Waals surface area (Å²) in [5.74, 6) is -1.18. The van der Waals surface area contributed by atoms with E-state index >= 15 is 0 Å². The molecule has 0 aliphatic carbocycles. The standard InChI is InChI=1S/C41H69O8P/c1-3-5-7-9-11-13-15-17-19-20-22-23-25-27-29-31-33-35-40(42)47-37-39(38-48-50(44,45)46)49-41(43)36-34-32-30-28-26-24-21-18-16-14-12-10-8-6-4-2/h7,9,13,15,19-20,23,25,30,32,34,36,39H,3-6,8,10-12,14,16-18,21-22,24,26-29,31,33,35,37-38H2,1-2H3,(H2,44,45,46)/b9-7+,15-13+,20-19+,25-23+,32-30+,36-34+/t39-/m1/s1. The number of esters is 2. The summed E-state index contributed by atoms with van der Waals surface area (Å²) in [7, 11) is -4.79. The first-order chi connectivity index (χ1) is 24.3. The highest BCUT2D eigenvalue weighted by molar-refractivity contribution is 7.46. The molecule has 9 heteroatoms. The van der Waals surface area contributed by atoms with E-state index in [1.165, 1.54) is 76.7 Å². The van der Waals surface area contributed by atoms with Gasteiger partial charge in [0.1, 0.15) is 6.61 Å². The molecule has 0 bridgehead atoms. The van der Waals surface area contributed by atoms with Gasteiger partial charge in [0.15, 0.2) is 6.10 Å². The summed E-state index contributed by atoms with van der Waals surface area (Å²) in [4.78, 5) is 42.6. The van der Waals surface area contributed by atoms with E-state index in [2.05, 4.69) is 67.0 Å². The third kappa shape index (κ3) is 38.3. The zero-order valence-electron chi connectivity index (χ0n) is 31.3. The highest BCUT2D eigenvalue weighted by atomic mass is 31.2. The van der Waals surface area contributed by atoms with Crippen LogP contribution >= 0.6 is 7.82 Å². The summed E-state index contributed by atoms with van der Waals surface area (Å²) < 4.78 is 26.1. The van der Waals surface area contributed by atoms with Gasteiger partial charge in [0.25, 0.3) is 0 Å². The van der Waals surface area contributed by atoms with Gasteiger partial charge in [-0.15, -0.1) is 0 Å². The lowest BCUT2D eigenvalue weighted by molar-refractivity contribution is -0.157. The first-order valence-corrected chi connectivity index (χ1v) is 20.8. The van der Waals surface area contributed by atoms with Crippen molar-refractivity contribution < 1.29 is 37.9 Å². The van der Waals surface area contributed by atoms with Crippen molar-refractivity contribution in [3.63, 3.8) is 0 Å².